The lowest BCUT2D eigenvalue weighted by Crippen LogP contribution is -2.16. The Morgan fingerprint density at radius 3 is 2.36 bits per heavy atom. The van der Waals surface area contributed by atoms with Gasteiger partial charge in [-0.2, -0.15) is 5.10 Å². The number of nitrogens with zero attached hydrogens (tertiary/aromatic N) is 1. The molecule has 2 aromatic rings. The lowest BCUT2D eigenvalue weighted by atomic mass is 10.0. The Morgan fingerprint density at radius 1 is 1.20 bits per heavy atom. The van der Waals surface area contributed by atoms with Crippen molar-refractivity contribution in [1.82, 2.24) is 10.2 Å². The van der Waals surface area contributed by atoms with E-state index in [1.165, 1.54) is 0 Å². The highest BCUT2D eigenvalue weighted by Gasteiger charge is 2.20. The van der Waals surface area contributed by atoms with Crippen LogP contribution in [0.2, 0.25) is 0 Å². The van der Waals surface area contributed by atoms with Crippen LogP contribution in [0.25, 0.3) is 0 Å². The zero-order valence-corrected chi connectivity index (χ0v) is 15.7. The molecule has 0 unspecified atom stereocenters. The molecule has 0 atom stereocenters. The summed E-state index contributed by atoms with van der Waals surface area (Å²) in [4.78, 5) is 12.5. The molecule has 0 saturated carbocycles. The molecule has 0 aliphatic carbocycles. The molecular formula is C17H24N4O3S. The molecule has 8 heteroatoms. The Balaban J connectivity index is 2.12. The second-order valence-electron chi connectivity index (χ2n) is 6.22. The first kappa shape index (κ1) is 19.0. The highest BCUT2D eigenvalue weighted by Crippen LogP contribution is 2.22. The molecule has 1 heterocycles. The lowest BCUT2D eigenvalue weighted by Gasteiger charge is -2.10. The van der Waals surface area contributed by atoms with Crippen LogP contribution in [0.3, 0.4) is 0 Å². The van der Waals surface area contributed by atoms with Gasteiger partial charge in [0.2, 0.25) is 10.0 Å². The van der Waals surface area contributed by atoms with E-state index in [1.807, 2.05) is 13.8 Å². The van der Waals surface area contributed by atoms with Gasteiger partial charge in [0, 0.05) is 17.1 Å². The number of carbonyl (C=O) groups excluding carboxylic acids is 1. The summed E-state index contributed by atoms with van der Waals surface area (Å²) in [6.45, 7) is 7.56. The number of sulfonamides is 1. The second-order valence-corrected chi connectivity index (χ2v) is 8.06. The molecule has 1 aromatic heterocycles. The first-order valence-electron chi connectivity index (χ1n) is 8.20. The zero-order valence-electron chi connectivity index (χ0n) is 14.9. The maximum absolute atomic E-state index is 12.5. The van der Waals surface area contributed by atoms with Gasteiger partial charge < -0.3 is 5.32 Å². The van der Waals surface area contributed by atoms with E-state index < -0.39 is 10.0 Å². The number of hydrogen-bond acceptors (Lipinski definition) is 4. The van der Waals surface area contributed by atoms with Crippen LogP contribution in [-0.4, -0.2) is 30.3 Å². The smallest absolute Gasteiger partial charge is 0.259 e. The molecule has 0 radical (unpaired) electrons. The van der Waals surface area contributed by atoms with E-state index in [9.17, 15) is 13.2 Å². The van der Waals surface area contributed by atoms with Crippen LogP contribution in [0.1, 0.15) is 54.9 Å². The van der Waals surface area contributed by atoms with Crippen LogP contribution < -0.4 is 10.0 Å². The van der Waals surface area contributed by atoms with Gasteiger partial charge in [0.15, 0.2) is 0 Å². The molecule has 136 valence electrons. The van der Waals surface area contributed by atoms with Crippen molar-refractivity contribution in [2.75, 3.05) is 15.8 Å². The van der Waals surface area contributed by atoms with Crippen LogP contribution in [0.15, 0.2) is 24.3 Å². The van der Waals surface area contributed by atoms with Crippen LogP contribution >= 0.6 is 0 Å². The predicted molar refractivity (Wildman–Crippen MR) is 99.5 cm³/mol. The van der Waals surface area contributed by atoms with Gasteiger partial charge in [-0.1, -0.05) is 20.8 Å². The first-order valence-corrected chi connectivity index (χ1v) is 9.85. The Bertz CT molecular complexity index is 839. The normalized spacial score (nSPS) is 11.6. The highest BCUT2D eigenvalue weighted by molar-refractivity contribution is 7.92. The van der Waals surface area contributed by atoms with Gasteiger partial charge in [0.05, 0.1) is 17.0 Å². The van der Waals surface area contributed by atoms with Crippen LogP contribution in [0, 0.1) is 6.92 Å². The minimum absolute atomic E-state index is 0.0727. The molecule has 1 amide bonds. The summed E-state index contributed by atoms with van der Waals surface area (Å²) in [6, 6.07) is 6.56. The number of benzene rings is 1. The number of amides is 1. The Labute approximate surface area is 148 Å². The van der Waals surface area contributed by atoms with Gasteiger partial charge in [-0.25, -0.2) is 8.42 Å². The number of aromatic amines is 1. The fourth-order valence-electron chi connectivity index (χ4n) is 2.47. The zero-order chi connectivity index (χ0) is 18.6. The monoisotopic (exact) mass is 364 g/mol. The summed E-state index contributed by atoms with van der Waals surface area (Å²) < 4.78 is 26.0. The van der Waals surface area contributed by atoms with Crippen molar-refractivity contribution >= 4 is 27.3 Å². The first-order chi connectivity index (χ1) is 11.7. The van der Waals surface area contributed by atoms with Crippen molar-refractivity contribution in [1.29, 1.82) is 0 Å². The Morgan fingerprint density at radius 2 is 1.80 bits per heavy atom. The van der Waals surface area contributed by atoms with E-state index >= 15 is 0 Å². The number of aryl methyl sites for hydroxylation is 1. The third-order valence-electron chi connectivity index (χ3n) is 3.64. The molecule has 0 bridgehead atoms. The van der Waals surface area contributed by atoms with Crippen LogP contribution in [0.5, 0.6) is 0 Å². The van der Waals surface area contributed by atoms with E-state index in [0.717, 1.165) is 5.69 Å². The van der Waals surface area contributed by atoms with E-state index in [1.54, 1.807) is 38.1 Å². The molecule has 25 heavy (non-hydrogen) atoms. The molecular weight excluding hydrogens is 340 g/mol. The minimum Gasteiger partial charge on any atom is -0.322 e. The summed E-state index contributed by atoms with van der Waals surface area (Å²) in [5, 5.41) is 9.85. The van der Waals surface area contributed by atoms with E-state index in [-0.39, 0.29) is 17.6 Å². The van der Waals surface area contributed by atoms with E-state index in [4.69, 9.17) is 0 Å². The van der Waals surface area contributed by atoms with Crippen molar-refractivity contribution in [3.05, 3.63) is 41.2 Å². The van der Waals surface area contributed by atoms with Crippen LogP contribution in [-0.2, 0) is 10.0 Å². The maximum Gasteiger partial charge on any atom is 0.259 e. The number of hydrogen-bond donors (Lipinski definition) is 3. The summed E-state index contributed by atoms with van der Waals surface area (Å²) in [5.74, 6) is -0.0428. The molecule has 1 aromatic carbocycles. The summed E-state index contributed by atoms with van der Waals surface area (Å²) in [7, 11) is -3.33. The topological polar surface area (TPSA) is 104 Å². The van der Waals surface area contributed by atoms with E-state index in [0.29, 0.717) is 29.1 Å². The number of rotatable bonds is 7. The van der Waals surface area contributed by atoms with Gasteiger partial charge in [-0.15, -0.1) is 0 Å². The SMILES string of the molecule is CCCS(=O)(=O)Nc1ccc(NC(=O)c2c(C(C)C)n[nH]c2C)cc1. The quantitative estimate of drug-likeness (QED) is 0.701. The van der Waals surface area contributed by atoms with Crippen molar-refractivity contribution < 1.29 is 13.2 Å². The molecule has 0 aliphatic rings. The van der Waals surface area contributed by atoms with Crippen molar-refractivity contribution in [3.8, 4) is 0 Å². The number of carbonyl (C=O) groups is 1. The van der Waals surface area contributed by atoms with Crippen molar-refractivity contribution in [2.45, 2.75) is 40.0 Å². The van der Waals surface area contributed by atoms with Crippen LogP contribution in [0.4, 0.5) is 11.4 Å². The summed E-state index contributed by atoms with van der Waals surface area (Å²) in [5.41, 5.74) is 3.03. The maximum atomic E-state index is 12.5. The molecule has 7 nitrogen and oxygen atoms in total. The van der Waals surface area contributed by atoms with Gasteiger partial charge in [0.1, 0.15) is 0 Å². The molecule has 3 N–H and O–H groups in total. The fraction of sp³-hybridized carbons (Fsp3) is 0.412. The molecule has 0 saturated heterocycles. The third-order valence-corrected chi connectivity index (χ3v) is 5.13. The predicted octanol–water partition coefficient (Wildman–Crippen LogP) is 3.25. The van der Waals surface area contributed by atoms with Gasteiger partial charge in [-0.05, 0) is 43.5 Å². The summed E-state index contributed by atoms with van der Waals surface area (Å²) in [6.07, 6.45) is 0.547. The largest absolute Gasteiger partial charge is 0.322 e. The molecule has 0 spiro atoms. The Kier molecular flexibility index (Phi) is 5.84. The van der Waals surface area contributed by atoms with Gasteiger partial charge >= 0.3 is 0 Å². The van der Waals surface area contributed by atoms with Crippen molar-refractivity contribution in [2.24, 2.45) is 0 Å². The average Bonchev–Trinajstić information content (AvgIpc) is 2.91. The van der Waals surface area contributed by atoms with Crippen molar-refractivity contribution in [3.63, 3.8) is 0 Å². The fourth-order valence-corrected chi connectivity index (χ4v) is 3.60. The highest BCUT2D eigenvalue weighted by atomic mass is 32.2. The number of anilines is 2. The summed E-state index contributed by atoms with van der Waals surface area (Å²) >= 11 is 0. The number of nitrogens with one attached hydrogen (secondary N) is 3. The average molecular weight is 364 g/mol. The number of aromatic nitrogens is 2. The second kappa shape index (κ2) is 7.69. The number of H-pyrrole nitrogens is 1. The van der Waals surface area contributed by atoms with E-state index in [2.05, 4.69) is 20.2 Å². The molecule has 2 rings (SSSR count). The van der Waals surface area contributed by atoms with Gasteiger partial charge in [0.25, 0.3) is 5.91 Å². The Hall–Kier alpha value is -2.35. The van der Waals surface area contributed by atoms with Gasteiger partial charge in [-0.3, -0.25) is 14.6 Å². The minimum atomic E-state index is -3.33. The molecule has 0 aliphatic heterocycles. The molecule has 0 fully saturated rings. The third kappa shape index (κ3) is 4.82. The standard InChI is InChI=1S/C17H24N4O3S/c1-5-10-25(23,24)21-14-8-6-13(7-9-14)18-17(22)15-12(4)19-20-16(15)11(2)3/h6-9,11,21H,5,10H2,1-4H3,(H,18,22)(H,19,20). The lowest BCUT2D eigenvalue weighted by molar-refractivity contribution is 0.102.